The largest absolute Gasteiger partial charge is 0.388 e. The summed E-state index contributed by atoms with van der Waals surface area (Å²) in [6.07, 6.45) is 13.5. The molecule has 1 unspecified atom stereocenters. The number of rotatable bonds is 6. The van der Waals surface area contributed by atoms with Gasteiger partial charge in [-0.1, -0.05) is 39.0 Å². The Labute approximate surface area is 110 Å². The fourth-order valence-electron chi connectivity index (χ4n) is 2.94. The van der Waals surface area contributed by atoms with Crippen LogP contribution >= 0.6 is 0 Å². The van der Waals surface area contributed by atoms with Crippen LogP contribution in [-0.4, -0.2) is 14.9 Å². The number of aliphatic hydroxyl groups excluding tert-OH is 1. The van der Waals surface area contributed by atoms with E-state index in [4.69, 9.17) is 0 Å². The number of aliphatic hydroxyl groups is 1. The van der Waals surface area contributed by atoms with E-state index in [0.717, 1.165) is 30.9 Å². The van der Waals surface area contributed by atoms with Gasteiger partial charge in [0.1, 0.15) is 0 Å². The second-order valence-electron chi connectivity index (χ2n) is 5.63. The van der Waals surface area contributed by atoms with Crippen LogP contribution in [0.25, 0.3) is 0 Å². The summed E-state index contributed by atoms with van der Waals surface area (Å²) in [5, 5.41) is 14.5. The van der Waals surface area contributed by atoms with Gasteiger partial charge >= 0.3 is 0 Å². The first-order valence-corrected chi connectivity index (χ1v) is 7.50. The maximum Gasteiger partial charge on any atom is 0.0820 e. The molecule has 0 amide bonds. The van der Waals surface area contributed by atoms with Crippen molar-refractivity contribution >= 4 is 0 Å². The maximum atomic E-state index is 10.2. The minimum Gasteiger partial charge on any atom is -0.388 e. The summed E-state index contributed by atoms with van der Waals surface area (Å²) in [4.78, 5) is 0. The van der Waals surface area contributed by atoms with Crippen LogP contribution in [0.5, 0.6) is 0 Å². The van der Waals surface area contributed by atoms with Gasteiger partial charge in [-0.05, 0) is 25.2 Å². The van der Waals surface area contributed by atoms with Gasteiger partial charge in [-0.2, -0.15) is 5.10 Å². The third-order valence-corrected chi connectivity index (χ3v) is 4.06. The van der Waals surface area contributed by atoms with Crippen molar-refractivity contribution in [1.29, 1.82) is 0 Å². The molecule has 0 aliphatic heterocycles. The minimum absolute atomic E-state index is 0.322. The Morgan fingerprint density at radius 3 is 2.89 bits per heavy atom. The summed E-state index contributed by atoms with van der Waals surface area (Å²) in [7, 11) is 0. The minimum atomic E-state index is -0.322. The normalized spacial score (nSPS) is 19.0. The molecule has 1 aliphatic rings. The molecule has 1 aromatic rings. The molecule has 0 spiro atoms. The molecule has 0 bridgehead atoms. The quantitative estimate of drug-likeness (QED) is 0.836. The van der Waals surface area contributed by atoms with E-state index in [0.29, 0.717) is 0 Å². The fraction of sp³-hybridized carbons (Fsp3) is 0.800. The van der Waals surface area contributed by atoms with Crippen molar-refractivity contribution in [3.05, 3.63) is 18.0 Å². The number of nitrogens with zero attached hydrogens (tertiary/aromatic N) is 2. The van der Waals surface area contributed by atoms with Crippen LogP contribution in [0, 0.1) is 5.92 Å². The molecule has 0 aromatic carbocycles. The van der Waals surface area contributed by atoms with Gasteiger partial charge < -0.3 is 5.11 Å². The van der Waals surface area contributed by atoms with Crippen LogP contribution in [0.2, 0.25) is 0 Å². The van der Waals surface area contributed by atoms with Crippen molar-refractivity contribution in [3.63, 3.8) is 0 Å². The number of aryl methyl sites for hydroxylation is 1. The molecule has 102 valence electrons. The first-order valence-electron chi connectivity index (χ1n) is 7.50. The Hall–Kier alpha value is -0.830. The van der Waals surface area contributed by atoms with E-state index in [1.54, 1.807) is 0 Å². The van der Waals surface area contributed by atoms with Crippen LogP contribution in [0.1, 0.15) is 70.0 Å². The van der Waals surface area contributed by atoms with Gasteiger partial charge in [0.25, 0.3) is 0 Å². The van der Waals surface area contributed by atoms with Crippen molar-refractivity contribution in [2.24, 2.45) is 5.92 Å². The summed E-state index contributed by atoms with van der Waals surface area (Å²) >= 11 is 0. The van der Waals surface area contributed by atoms with E-state index in [2.05, 4.69) is 12.0 Å². The van der Waals surface area contributed by atoms with Gasteiger partial charge in [0, 0.05) is 18.3 Å². The highest BCUT2D eigenvalue weighted by Gasteiger charge is 2.16. The Morgan fingerprint density at radius 1 is 1.39 bits per heavy atom. The van der Waals surface area contributed by atoms with Crippen molar-refractivity contribution in [2.45, 2.75) is 70.9 Å². The summed E-state index contributed by atoms with van der Waals surface area (Å²) in [6, 6.07) is 0. The Kier molecular flexibility index (Phi) is 5.24. The van der Waals surface area contributed by atoms with E-state index >= 15 is 0 Å². The third kappa shape index (κ3) is 3.84. The number of aromatic nitrogens is 2. The molecule has 1 atom stereocenters. The maximum absolute atomic E-state index is 10.2. The zero-order valence-electron chi connectivity index (χ0n) is 11.5. The van der Waals surface area contributed by atoms with E-state index in [9.17, 15) is 5.11 Å². The molecule has 0 radical (unpaired) electrons. The first-order chi connectivity index (χ1) is 8.79. The van der Waals surface area contributed by atoms with E-state index in [1.165, 1.54) is 38.5 Å². The Bertz CT molecular complexity index is 342. The number of hydrogen-bond donors (Lipinski definition) is 1. The molecular formula is C15H26N2O. The van der Waals surface area contributed by atoms with Gasteiger partial charge in [0.2, 0.25) is 0 Å². The van der Waals surface area contributed by atoms with E-state index in [-0.39, 0.29) is 6.10 Å². The standard InChI is InChI=1S/C15H26N2O/c1-2-10-17-12-14(11-16-17)15(18)9-8-13-6-4-3-5-7-13/h11-13,15,18H,2-10H2,1H3. The SMILES string of the molecule is CCCn1cc(C(O)CCC2CCCCC2)cn1. The average molecular weight is 250 g/mol. The van der Waals surface area contributed by atoms with Crippen LogP contribution in [-0.2, 0) is 6.54 Å². The van der Waals surface area contributed by atoms with Gasteiger partial charge in [-0.25, -0.2) is 0 Å². The summed E-state index contributed by atoms with van der Waals surface area (Å²) in [5.74, 6) is 0.846. The van der Waals surface area contributed by atoms with Gasteiger partial charge in [-0.15, -0.1) is 0 Å². The van der Waals surface area contributed by atoms with Crippen LogP contribution in [0.3, 0.4) is 0 Å². The van der Waals surface area contributed by atoms with Gasteiger partial charge in [0.15, 0.2) is 0 Å². The Morgan fingerprint density at radius 2 is 2.17 bits per heavy atom. The molecule has 3 heteroatoms. The molecule has 0 saturated heterocycles. The Balaban J connectivity index is 1.77. The van der Waals surface area contributed by atoms with Crippen LogP contribution in [0.4, 0.5) is 0 Å². The average Bonchev–Trinajstić information content (AvgIpc) is 2.86. The lowest BCUT2D eigenvalue weighted by atomic mass is 9.85. The topological polar surface area (TPSA) is 38.0 Å². The molecule has 3 nitrogen and oxygen atoms in total. The predicted octanol–water partition coefficient (Wildman–Crippen LogP) is 3.69. The van der Waals surface area contributed by atoms with Crippen molar-refractivity contribution in [3.8, 4) is 0 Å². The van der Waals surface area contributed by atoms with Crippen LogP contribution < -0.4 is 0 Å². The monoisotopic (exact) mass is 250 g/mol. The zero-order chi connectivity index (χ0) is 12.8. The van der Waals surface area contributed by atoms with E-state index < -0.39 is 0 Å². The van der Waals surface area contributed by atoms with Crippen LogP contribution in [0.15, 0.2) is 12.4 Å². The predicted molar refractivity (Wildman–Crippen MR) is 73.3 cm³/mol. The molecule has 1 fully saturated rings. The van der Waals surface area contributed by atoms with Crippen molar-refractivity contribution in [2.75, 3.05) is 0 Å². The third-order valence-electron chi connectivity index (χ3n) is 4.06. The highest BCUT2D eigenvalue weighted by atomic mass is 16.3. The molecule has 1 heterocycles. The molecule has 2 rings (SSSR count). The first kappa shape index (κ1) is 13.6. The molecular weight excluding hydrogens is 224 g/mol. The zero-order valence-corrected chi connectivity index (χ0v) is 11.5. The lowest BCUT2D eigenvalue weighted by Gasteiger charge is -2.22. The van der Waals surface area contributed by atoms with Crippen molar-refractivity contribution < 1.29 is 5.11 Å². The molecule has 1 aromatic heterocycles. The molecule has 1 N–H and O–H groups in total. The molecule has 1 aliphatic carbocycles. The second-order valence-corrected chi connectivity index (χ2v) is 5.63. The second kappa shape index (κ2) is 6.93. The lowest BCUT2D eigenvalue weighted by Crippen LogP contribution is -2.08. The molecule has 18 heavy (non-hydrogen) atoms. The van der Waals surface area contributed by atoms with Crippen molar-refractivity contribution in [1.82, 2.24) is 9.78 Å². The number of hydrogen-bond acceptors (Lipinski definition) is 2. The highest BCUT2D eigenvalue weighted by Crippen LogP contribution is 2.30. The fourth-order valence-corrected chi connectivity index (χ4v) is 2.94. The highest BCUT2D eigenvalue weighted by molar-refractivity contribution is 5.07. The summed E-state index contributed by atoms with van der Waals surface area (Å²) < 4.78 is 1.93. The summed E-state index contributed by atoms with van der Waals surface area (Å²) in [5.41, 5.74) is 0.985. The smallest absolute Gasteiger partial charge is 0.0820 e. The van der Waals surface area contributed by atoms with Gasteiger partial charge in [-0.3, -0.25) is 4.68 Å². The summed E-state index contributed by atoms with van der Waals surface area (Å²) in [6.45, 7) is 3.08. The van der Waals surface area contributed by atoms with E-state index in [1.807, 2.05) is 17.1 Å². The lowest BCUT2D eigenvalue weighted by molar-refractivity contribution is 0.151. The van der Waals surface area contributed by atoms with Gasteiger partial charge in [0.05, 0.1) is 12.3 Å². The molecule has 1 saturated carbocycles.